The van der Waals surface area contributed by atoms with Crippen molar-refractivity contribution in [3.63, 3.8) is 0 Å². The Morgan fingerprint density at radius 1 is 1.34 bits per heavy atom. The van der Waals surface area contributed by atoms with E-state index in [1.807, 2.05) is 18.3 Å². The van der Waals surface area contributed by atoms with Crippen LogP contribution in [0.1, 0.15) is 23.4 Å². The first-order chi connectivity index (χ1) is 22.5. The average molecular weight is 699 g/mol. The zero-order valence-corrected chi connectivity index (χ0v) is 26.9. The van der Waals surface area contributed by atoms with Gasteiger partial charge in [-0.05, 0) is 18.2 Å². The molecule has 0 bridgehead atoms. The van der Waals surface area contributed by atoms with Crippen LogP contribution in [0, 0.1) is 17.1 Å². The normalized spacial score (nSPS) is 17.9. The highest BCUT2D eigenvalue weighted by atomic mass is 35.5. The number of carbonyl (C=O) groups excluding carboxylic acids is 2. The number of Topliss-reactive ketones (excluding diaryl/α,β-unsaturated/α-hetero) is 1. The van der Waals surface area contributed by atoms with Gasteiger partial charge in [0.2, 0.25) is 11.7 Å². The summed E-state index contributed by atoms with van der Waals surface area (Å²) in [7, 11) is 1.26. The molecular formula is C29H26ClFN9O5S2+. The van der Waals surface area contributed by atoms with Gasteiger partial charge in [0.25, 0.3) is 0 Å². The van der Waals surface area contributed by atoms with E-state index in [1.165, 1.54) is 35.9 Å². The number of hydrogen-bond donors (Lipinski definition) is 4. The molecule has 0 radical (unpaired) electrons. The number of amides is 1. The van der Waals surface area contributed by atoms with Crippen molar-refractivity contribution < 1.29 is 33.3 Å². The van der Waals surface area contributed by atoms with Crippen LogP contribution in [0.25, 0.3) is 10.9 Å². The number of β-lactam (4-membered cyclic amide) rings is 1. The van der Waals surface area contributed by atoms with Crippen LogP contribution < -0.4 is 16.0 Å². The molecule has 6 N–H and O–H groups in total. The number of carboxylic acids is 1. The number of carboxylic acid groups (broad SMARTS) is 1. The summed E-state index contributed by atoms with van der Waals surface area (Å²) in [5.74, 6) is -3.64. The summed E-state index contributed by atoms with van der Waals surface area (Å²) >= 11 is 8.60. The Labute approximate surface area is 279 Å². The van der Waals surface area contributed by atoms with Crippen molar-refractivity contribution >= 4 is 80.1 Å². The number of fused-ring (bicyclic) bond motifs is 2. The number of pyridine rings is 1. The van der Waals surface area contributed by atoms with E-state index >= 15 is 0 Å². The van der Waals surface area contributed by atoms with E-state index in [4.69, 9.17) is 33.3 Å². The Morgan fingerprint density at radius 3 is 2.79 bits per heavy atom. The molecule has 3 aromatic heterocycles. The molecule has 0 unspecified atom stereocenters. The van der Waals surface area contributed by atoms with E-state index in [9.17, 15) is 23.9 Å². The van der Waals surface area contributed by atoms with Gasteiger partial charge in [-0.2, -0.15) is 13.9 Å². The average Bonchev–Trinajstić information content (AvgIpc) is 3.65. The molecule has 1 fully saturated rings. The molecule has 1 amide bonds. The SMILES string of the molecule is CO/N=C(\C(=O)C[C@@H]1C(=O)N2C(C(=O)O)=C(C[n+]3ccc4ccn(Cc5c(F)cc(C(=N)N)cc5Cl)c4c3)CS[C@H]12)c1nsc(N)n1. The number of aromatic nitrogens is 4. The van der Waals surface area contributed by atoms with Crippen molar-refractivity contribution in [2.24, 2.45) is 16.8 Å². The van der Waals surface area contributed by atoms with Crippen LogP contribution in [0.4, 0.5) is 9.52 Å². The van der Waals surface area contributed by atoms with Crippen LogP contribution >= 0.6 is 34.9 Å². The van der Waals surface area contributed by atoms with Crippen molar-refractivity contribution in [3.8, 4) is 0 Å². The number of anilines is 1. The van der Waals surface area contributed by atoms with E-state index in [1.54, 1.807) is 21.5 Å². The van der Waals surface area contributed by atoms with Crippen LogP contribution in [0.15, 0.2) is 59.3 Å². The van der Waals surface area contributed by atoms with Gasteiger partial charge in [0.1, 0.15) is 30.0 Å². The number of thioether (sulfide) groups is 1. The number of amidine groups is 1. The number of nitrogens with zero attached hydrogens (tertiary/aromatic N) is 6. The van der Waals surface area contributed by atoms with Crippen molar-refractivity contribution in [1.29, 1.82) is 5.41 Å². The first-order valence-electron chi connectivity index (χ1n) is 13.9. The molecule has 4 aromatic rings. The van der Waals surface area contributed by atoms with Crippen molar-refractivity contribution in [3.05, 3.63) is 81.9 Å². The molecule has 1 aromatic carbocycles. The fourth-order valence-corrected chi connectivity index (χ4v) is 7.68. The molecule has 5 heterocycles. The molecule has 0 spiro atoms. The fourth-order valence-electron chi connectivity index (χ4n) is 5.58. The molecule has 2 aliphatic rings. The van der Waals surface area contributed by atoms with E-state index in [0.29, 0.717) is 11.3 Å². The third kappa shape index (κ3) is 6.04. The number of nitrogens with two attached hydrogens (primary N) is 2. The summed E-state index contributed by atoms with van der Waals surface area (Å²) in [5, 5.41) is 22.1. The van der Waals surface area contributed by atoms with Gasteiger partial charge in [0, 0.05) is 63.1 Å². The molecule has 6 rings (SSSR count). The number of benzene rings is 1. The zero-order valence-electron chi connectivity index (χ0n) is 24.5. The number of ketones is 1. The van der Waals surface area contributed by atoms with Gasteiger partial charge in [-0.3, -0.25) is 19.9 Å². The highest BCUT2D eigenvalue weighted by molar-refractivity contribution is 8.00. The number of hydrogen-bond acceptors (Lipinski definition) is 11. The Morgan fingerprint density at radius 2 is 2.13 bits per heavy atom. The lowest BCUT2D eigenvalue weighted by Crippen LogP contribution is -2.62. The minimum atomic E-state index is -1.25. The van der Waals surface area contributed by atoms with Gasteiger partial charge in [-0.1, -0.05) is 16.8 Å². The van der Waals surface area contributed by atoms with Gasteiger partial charge in [-0.15, -0.1) is 11.8 Å². The number of rotatable bonds is 11. The van der Waals surface area contributed by atoms with Crippen LogP contribution in [-0.4, -0.2) is 71.4 Å². The largest absolute Gasteiger partial charge is 0.477 e. The first-order valence-corrected chi connectivity index (χ1v) is 16.1. The van der Waals surface area contributed by atoms with Gasteiger partial charge in [0.05, 0.1) is 17.8 Å². The van der Waals surface area contributed by atoms with Crippen LogP contribution in [0.2, 0.25) is 5.02 Å². The maximum absolute atomic E-state index is 14.9. The summed E-state index contributed by atoms with van der Waals surface area (Å²) in [6, 6.07) is 6.32. The van der Waals surface area contributed by atoms with E-state index in [-0.39, 0.29) is 63.9 Å². The van der Waals surface area contributed by atoms with Crippen molar-refractivity contribution in [2.75, 3.05) is 18.6 Å². The molecule has 18 heteroatoms. The second-order valence-corrected chi connectivity index (χ2v) is 13.0. The molecule has 0 saturated carbocycles. The Hall–Kier alpha value is -4.87. The van der Waals surface area contributed by atoms with Gasteiger partial charge in [-0.25, -0.2) is 9.18 Å². The molecular weight excluding hydrogens is 673 g/mol. The zero-order chi connectivity index (χ0) is 33.6. The Bertz CT molecular complexity index is 2020. The minimum Gasteiger partial charge on any atom is -0.477 e. The summed E-state index contributed by atoms with van der Waals surface area (Å²) in [6.07, 6.45) is 5.15. The smallest absolute Gasteiger partial charge is 0.352 e. The Kier molecular flexibility index (Phi) is 8.69. The molecule has 1 saturated heterocycles. The standard InChI is InChI=1S/C29H25ClFN9O5S2/c1-45-36-22(25-35-29(34)47-37-25)21(41)8-16-26(42)40-23(28(43)44)15(12-46-27(16)40)9-38-4-2-13-3-5-39(20(13)11-38)10-17-18(30)6-14(24(32)33)7-19(17)31/h2-7,11,16,27H,8-10,12H2,1H3,(H5-,32,33,34,35,37,43,44)/p+1/b36-22+/t16-,27-/m1/s1. The lowest BCUT2D eigenvalue weighted by Gasteiger charge is -2.49. The summed E-state index contributed by atoms with van der Waals surface area (Å²) in [6.45, 7) is 0.266. The lowest BCUT2D eigenvalue weighted by atomic mass is 9.89. The molecule has 0 aliphatic carbocycles. The second kappa shape index (κ2) is 12.7. The third-order valence-electron chi connectivity index (χ3n) is 7.79. The summed E-state index contributed by atoms with van der Waals surface area (Å²) in [4.78, 5) is 48.9. The number of aliphatic carboxylic acids is 1. The first kappa shape index (κ1) is 32.1. The highest BCUT2D eigenvalue weighted by Crippen LogP contribution is 2.45. The second-order valence-electron chi connectivity index (χ2n) is 10.7. The van der Waals surface area contributed by atoms with Gasteiger partial charge >= 0.3 is 5.97 Å². The maximum Gasteiger partial charge on any atom is 0.352 e. The number of nitrogens with one attached hydrogen (secondary N) is 1. The fraction of sp³-hybridized carbons (Fsp3) is 0.241. The predicted molar refractivity (Wildman–Crippen MR) is 172 cm³/mol. The predicted octanol–water partition coefficient (Wildman–Crippen LogP) is 2.37. The van der Waals surface area contributed by atoms with Crippen LogP contribution in [0.5, 0.6) is 0 Å². The van der Waals surface area contributed by atoms with Crippen molar-refractivity contribution in [1.82, 2.24) is 18.8 Å². The number of halogens is 2. The number of oxime groups is 1. The van der Waals surface area contributed by atoms with Crippen LogP contribution in [-0.2, 0) is 32.3 Å². The molecule has 47 heavy (non-hydrogen) atoms. The van der Waals surface area contributed by atoms with E-state index < -0.39 is 34.8 Å². The quantitative estimate of drug-likeness (QED) is 0.0591. The highest BCUT2D eigenvalue weighted by Gasteiger charge is 2.54. The van der Waals surface area contributed by atoms with Crippen molar-refractivity contribution in [2.45, 2.75) is 24.9 Å². The third-order valence-corrected chi connectivity index (χ3v) is 10.1. The van der Waals surface area contributed by atoms with Crippen LogP contribution in [0.3, 0.4) is 0 Å². The minimum absolute atomic E-state index is 0.00746. The lowest BCUT2D eigenvalue weighted by molar-refractivity contribution is -0.687. The number of nitrogen functional groups attached to an aromatic ring is 2. The molecule has 2 atom stereocenters. The topological polar surface area (TPSA) is 207 Å². The maximum atomic E-state index is 14.9. The Balaban J connectivity index is 1.22. The van der Waals surface area contributed by atoms with Gasteiger partial charge in [0.15, 0.2) is 35.6 Å². The van der Waals surface area contributed by atoms with E-state index in [2.05, 4.69) is 14.5 Å². The monoisotopic (exact) mass is 698 g/mol. The molecule has 242 valence electrons. The summed E-state index contributed by atoms with van der Waals surface area (Å²) in [5.41, 5.74) is 12.5. The molecule has 2 aliphatic heterocycles. The molecule has 14 nitrogen and oxygen atoms in total. The number of carbonyl (C=O) groups is 3. The van der Waals surface area contributed by atoms with Gasteiger partial charge < -0.3 is 26.0 Å². The summed E-state index contributed by atoms with van der Waals surface area (Å²) < 4.78 is 22.5. The van der Waals surface area contributed by atoms with E-state index in [0.717, 1.165) is 22.4 Å².